The first kappa shape index (κ1) is 26.3. The van der Waals surface area contributed by atoms with E-state index in [1.54, 1.807) is 6.92 Å². The molecule has 3 unspecified atom stereocenters. The van der Waals surface area contributed by atoms with Gasteiger partial charge in [-0.15, -0.1) is 22.0 Å². The molecule has 0 saturated carbocycles. The molecule has 0 bridgehead atoms. The summed E-state index contributed by atoms with van der Waals surface area (Å²) in [6.07, 6.45) is 0.447. The minimum atomic E-state index is -1.26. The first-order chi connectivity index (χ1) is 17.2. The number of halogens is 1. The number of carbonyl (C=O) groups is 4. The Morgan fingerprint density at radius 2 is 2.28 bits per heavy atom. The number of nitrogens with zero attached hydrogens (tertiary/aromatic N) is 6. The fourth-order valence-corrected chi connectivity index (χ4v) is 7.81. The molecule has 4 N–H and O–H groups in total. The molecule has 0 spiro atoms. The lowest BCUT2D eigenvalue weighted by atomic mass is 9.84. The highest BCUT2D eigenvalue weighted by atomic mass is 79.9. The van der Waals surface area contributed by atoms with E-state index in [9.17, 15) is 24.3 Å². The first-order valence-electron chi connectivity index (χ1n) is 10.1. The number of β-lactam (4-membered cyclic amide) rings is 1. The van der Waals surface area contributed by atoms with Crippen LogP contribution < -0.4 is 10.6 Å². The maximum atomic E-state index is 13.0. The van der Waals surface area contributed by atoms with Crippen molar-refractivity contribution in [2.24, 2.45) is 10.6 Å². The number of amides is 3. The van der Waals surface area contributed by atoms with Crippen LogP contribution in [0.1, 0.15) is 12.6 Å². The molecule has 3 amide bonds. The zero-order valence-corrected chi connectivity index (χ0v) is 22.5. The van der Waals surface area contributed by atoms with Gasteiger partial charge in [0.05, 0.1) is 0 Å². The lowest BCUT2D eigenvalue weighted by Crippen LogP contribution is -2.74. The average molecular weight is 620 g/mol. The summed E-state index contributed by atoms with van der Waals surface area (Å²) in [7, 11) is 1.25. The SMILES string of the molecule is CON=C(C(=O)NC1C(=O)N2CC(C(=O)O)(C(C)Sc3nn[nH]n3)CS[C@H]12)c1nc(NC=O)sc1Br. The van der Waals surface area contributed by atoms with Gasteiger partial charge in [-0.3, -0.25) is 19.2 Å². The van der Waals surface area contributed by atoms with Crippen LogP contribution in [0.15, 0.2) is 14.1 Å². The number of hydrogen-bond acceptors (Lipinski definition) is 13. The Balaban J connectivity index is 1.47. The molecule has 2 fully saturated rings. The van der Waals surface area contributed by atoms with Crippen molar-refractivity contribution in [1.82, 2.24) is 35.8 Å². The fraction of sp³-hybridized carbons (Fsp3) is 0.471. The molecule has 0 aromatic carbocycles. The maximum absolute atomic E-state index is 13.0. The Kier molecular flexibility index (Phi) is 7.81. The van der Waals surface area contributed by atoms with Gasteiger partial charge >= 0.3 is 5.97 Å². The number of carboxylic acid groups (broad SMARTS) is 1. The van der Waals surface area contributed by atoms with E-state index in [2.05, 4.69) is 57.3 Å². The molecule has 0 radical (unpaired) electrons. The van der Waals surface area contributed by atoms with E-state index in [4.69, 9.17) is 4.84 Å². The molecule has 192 valence electrons. The number of anilines is 1. The summed E-state index contributed by atoms with van der Waals surface area (Å²) in [5, 5.41) is 32.0. The molecule has 19 heteroatoms. The number of aromatic amines is 1. The van der Waals surface area contributed by atoms with Crippen molar-refractivity contribution in [2.45, 2.75) is 28.7 Å². The molecule has 2 aromatic rings. The third-order valence-corrected chi connectivity index (χ3v) is 9.97. The van der Waals surface area contributed by atoms with Gasteiger partial charge in [-0.05, 0) is 21.1 Å². The first-order valence-corrected chi connectivity index (χ1v) is 13.6. The highest BCUT2D eigenvalue weighted by molar-refractivity contribution is 9.11. The maximum Gasteiger partial charge on any atom is 0.313 e. The molecule has 2 aromatic heterocycles. The summed E-state index contributed by atoms with van der Waals surface area (Å²) in [5.74, 6) is -1.97. The second kappa shape index (κ2) is 10.7. The standard InChI is InChI=1S/C17H18BrN9O6S3/c1-6(35-16-22-25-26-23-16)17(14(31)32)3-27-12(30)9(13(27)34-4-17)20-11(29)8(24-33-2)7-10(18)36-15(21-7)19-5-28/h5-6,9,13H,3-4H2,1-2H3,(H,20,29)(H,31,32)(H,19,21,28)(H,22,23,25,26)/t6?,9?,13-,17?/m1/s1. The second-order valence-electron chi connectivity index (χ2n) is 7.56. The number of fused-ring (bicyclic) bond motifs is 1. The molecule has 0 aliphatic carbocycles. The Hall–Kier alpha value is -2.77. The van der Waals surface area contributed by atoms with Crippen molar-refractivity contribution in [3.8, 4) is 0 Å². The predicted octanol–water partition coefficient (Wildman–Crippen LogP) is -0.0108. The van der Waals surface area contributed by atoms with Crippen LogP contribution in [0.5, 0.6) is 0 Å². The largest absolute Gasteiger partial charge is 0.481 e. The van der Waals surface area contributed by atoms with Crippen LogP contribution in [0.2, 0.25) is 0 Å². The highest BCUT2D eigenvalue weighted by Gasteiger charge is 2.59. The van der Waals surface area contributed by atoms with Crippen LogP contribution in [0, 0.1) is 5.41 Å². The Labute approximate surface area is 223 Å². The van der Waals surface area contributed by atoms with E-state index in [1.165, 1.54) is 23.8 Å². The average Bonchev–Trinajstić information content (AvgIpc) is 3.49. The van der Waals surface area contributed by atoms with Gasteiger partial charge in [0.25, 0.3) is 5.91 Å². The Bertz CT molecular complexity index is 1210. The zero-order chi connectivity index (χ0) is 26.0. The number of oxime groups is 1. The normalized spacial score (nSPS) is 24.4. The number of aliphatic carboxylic acids is 1. The van der Waals surface area contributed by atoms with Gasteiger partial charge in [0.1, 0.15) is 33.4 Å². The van der Waals surface area contributed by atoms with Crippen LogP contribution in [0.4, 0.5) is 5.13 Å². The number of carbonyl (C=O) groups excluding carboxylic acids is 3. The lowest BCUT2D eigenvalue weighted by molar-refractivity contribution is -0.158. The van der Waals surface area contributed by atoms with Gasteiger partial charge in [-0.1, -0.05) is 35.2 Å². The fourth-order valence-electron chi connectivity index (χ4n) is 3.67. The van der Waals surface area contributed by atoms with Gasteiger partial charge in [-0.25, -0.2) is 4.98 Å². The topological polar surface area (TPSA) is 205 Å². The number of tetrazole rings is 1. The van der Waals surface area contributed by atoms with Crippen molar-refractivity contribution in [3.05, 3.63) is 9.48 Å². The van der Waals surface area contributed by atoms with Crippen LogP contribution in [0.3, 0.4) is 0 Å². The summed E-state index contributed by atoms with van der Waals surface area (Å²) >= 11 is 6.77. The van der Waals surface area contributed by atoms with E-state index in [1.807, 2.05) is 0 Å². The Morgan fingerprint density at radius 3 is 2.92 bits per heavy atom. The number of thiazole rings is 1. The summed E-state index contributed by atoms with van der Waals surface area (Å²) < 4.78 is 0.422. The third-order valence-electron chi connectivity index (χ3n) is 5.59. The van der Waals surface area contributed by atoms with Crippen LogP contribution in [-0.2, 0) is 24.0 Å². The number of rotatable bonds is 10. The zero-order valence-electron chi connectivity index (χ0n) is 18.5. The van der Waals surface area contributed by atoms with Crippen molar-refractivity contribution in [1.29, 1.82) is 0 Å². The van der Waals surface area contributed by atoms with Crippen LogP contribution >= 0.6 is 50.8 Å². The van der Waals surface area contributed by atoms with Gasteiger partial charge in [0, 0.05) is 17.5 Å². The minimum Gasteiger partial charge on any atom is -0.481 e. The lowest BCUT2D eigenvalue weighted by Gasteiger charge is -2.54. The summed E-state index contributed by atoms with van der Waals surface area (Å²) in [5.41, 5.74) is -1.33. The predicted molar refractivity (Wildman–Crippen MR) is 133 cm³/mol. The van der Waals surface area contributed by atoms with Crippen molar-refractivity contribution in [2.75, 3.05) is 24.7 Å². The Morgan fingerprint density at radius 1 is 1.50 bits per heavy atom. The number of nitrogens with one attached hydrogen (secondary N) is 3. The van der Waals surface area contributed by atoms with Crippen LogP contribution in [-0.4, -0.2) is 102 Å². The molecule has 4 rings (SSSR count). The van der Waals surface area contributed by atoms with Gasteiger partial charge in [0.15, 0.2) is 10.8 Å². The van der Waals surface area contributed by atoms with Crippen molar-refractivity contribution in [3.63, 3.8) is 0 Å². The quantitative estimate of drug-likeness (QED) is 0.0910. The highest BCUT2D eigenvalue weighted by Crippen LogP contribution is 2.47. The van der Waals surface area contributed by atoms with Crippen LogP contribution in [0.25, 0.3) is 0 Å². The molecule has 4 atom stereocenters. The number of thioether (sulfide) groups is 2. The van der Waals surface area contributed by atoms with Gasteiger partial charge in [-0.2, -0.15) is 5.21 Å². The molecule has 2 saturated heterocycles. The summed E-state index contributed by atoms with van der Waals surface area (Å²) in [4.78, 5) is 59.4. The van der Waals surface area contributed by atoms with Gasteiger partial charge in [0.2, 0.25) is 17.5 Å². The molecular weight excluding hydrogens is 602 g/mol. The van der Waals surface area contributed by atoms with Crippen molar-refractivity contribution >= 4 is 85.8 Å². The molecule has 2 aliphatic rings. The monoisotopic (exact) mass is 619 g/mol. The molecule has 36 heavy (non-hydrogen) atoms. The summed E-state index contributed by atoms with van der Waals surface area (Å²) in [6.45, 7) is 1.71. The van der Waals surface area contributed by atoms with E-state index in [-0.39, 0.29) is 28.8 Å². The number of H-pyrrole nitrogens is 1. The molecule has 15 nitrogen and oxygen atoms in total. The van der Waals surface area contributed by atoms with E-state index in [0.29, 0.717) is 15.4 Å². The second-order valence-corrected chi connectivity index (χ2v) is 12.3. The van der Waals surface area contributed by atoms with Gasteiger partial charge < -0.3 is 25.5 Å². The van der Waals surface area contributed by atoms with E-state index < -0.39 is 39.9 Å². The number of carboxylic acids is 1. The molecule has 4 heterocycles. The number of hydrogen-bond donors (Lipinski definition) is 4. The van der Waals surface area contributed by atoms with E-state index in [0.717, 1.165) is 23.1 Å². The van der Waals surface area contributed by atoms with E-state index >= 15 is 0 Å². The van der Waals surface area contributed by atoms with Crippen molar-refractivity contribution < 1.29 is 29.1 Å². The third kappa shape index (κ3) is 4.78. The smallest absolute Gasteiger partial charge is 0.313 e. The molecule has 2 aliphatic heterocycles. The number of aromatic nitrogens is 5. The summed E-state index contributed by atoms with van der Waals surface area (Å²) in [6, 6.07) is -0.888. The molecular formula is C17H18BrN9O6S3. The minimum absolute atomic E-state index is 0.0331.